The minimum Gasteiger partial charge on any atom is -0.492 e. The van der Waals surface area contributed by atoms with Crippen molar-refractivity contribution in [3.05, 3.63) is 30.1 Å². The molecule has 0 aromatic heterocycles. The number of hydrogen-bond donors (Lipinski definition) is 0. The van der Waals surface area contributed by atoms with Crippen LogP contribution in [0.25, 0.3) is 0 Å². The fourth-order valence-electron chi connectivity index (χ4n) is 3.58. The summed E-state index contributed by atoms with van der Waals surface area (Å²) in [6.45, 7) is 12.2. The first-order valence-corrected chi connectivity index (χ1v) is 8.81. The van der Waals surface area contributed by atoms with Crippen LogP contribution in [-0.2, 0) is 0 Å². The van der Waals surface area contributed by atoms with Crippen molar-refractivity contribution in [1.29, 1.82) is 0 Å². The van der Waals surface area contributed by atoms with Crippen molar-refractivity contribution in [3.63, 3.8) is 0 Å². The molecule has 1 aromatic carbocycles. The fourth-order valence-corrected chi connectivity index (χ4v) is 3.58. The van der Waals surface area contributed by atoms with Crippen molar-refractivity contribution in [2.45, 2.75) is 19.4 Å². The zero-order valence-corrected chi connectivity index (χ0v) is 14.1. The Morgan fingerprint density at radius 1 is 1.04 bits per heavy atom. The quantitative estimate of drug-likeness (QED) is 0.797. The molecule has 0 amide bonds. The third-order valence-corrected chi connectivity index (χ3v) is 5.11. The van der Waals surface area contributed by atoms with E-state index in [0.717, 1.165) is 25.4 Å². The molecule has 0 N–H and O–H groups in total. The second-order valence-corrected chi connectivity index (χ2v) is 6.52. The van der Waals surface area contributed by atoms with Gasteiger partial charge < -0.3 is 9.64 Å². The van der Waals surface area contributed by atoms with Crippen molar-refractivity contribution < 1.29 is 9.13 Å². The van der Waals surface area contributed by atoms with E-state index >= 15 is 0 Å². The van der Waals surface area contributed by atoms with Crippen molar-refractivity contribution >= 4 is 0 Å². The van der Waals surface area contributed by atoms with Gasteiger partial charge in [0.05, 0.1) is 0 Å². The number of hydrogen-bond acceptors (Lipinski definition) is 4. The Bertz CT molecular complexity index is 474. The summed E-state index contributed by atoms with van der Waals surface area (Å²) in [6.07, 6.45) is 1.27. The van der Waals surface area contributed by atoms with Gasteiger partial charge in [-0.2, -0.15) is 0 Å². The Morgan fingerprint density at radius 2 is 1.78 bits per heavy atom. The van der Waals surface area contributed by atoms with Crippen molar-refractivity contribution in [3.8, 4) is 5.75 Å². The Morgan fingerprint density at radius 3 is 2.48 bits per heavy atom. The lowest BCUT2D eigenvalue weighted by Crippen LogP contribution is -2.50. The summed E-state index contributed by atoms with van der Waals surface area (Å²) >= 11 is 0. The maximum Gasteiger partial charge on any atom is 0.123 e. The van der Waals surface area contributed by atoms with Crippen LogP contribution in [-0.4, -0.2) is 79.7 Å². The summed E-state index contributed by atoms with van der Waals surface area (Å²) in [7, 11) is 0. The maximum atomic E-state index is 12.8. The highest BCUT2D eigenvalue weighted by atomic mass is 19.1. The van der Waals surface area contributed by atoms with Crippen molar-refractivity contribution in [2.75, 3.05) is 59.0 Å². The molecule has 1 atom stereocenters. The second-order valence-electron chi connectivity index (χ2n) is 6.52. The normalized spacial score (nSPS) is 24.2. The number of likely N-dealkylation sites (N-methyl/N-ethyl adjacent to an activating group) is 1. The van der Waals surface area contributed by atoms with E-state index in [4.69, 9.17) is 4.74 Å². The minimum absolute atomic E-state index is 0.220. The van der Waals surface area contributed by atoms with Gasteiger partial charge in [0.15, 0.2) is 0 Å². The van der Waals surface area contributed by atoms with Gasteiger partial charge in [0.2, 0.25) is 0 Å². The van der Waals surface area contributed by atoms with Crippen LogP contribution in [0.4, 0.5) is 4.39 Å². The summed E-state index contributed by atoms with van der Waals surface area (Å²) in [5.74, 6) is 0.528. The topological polar surface area (TPSA) is 19.0 Å². The van der Waals surface area contributed by atoms with Crippen LogP contribution in [0.5, 0.6) is 5.75 Å². The molecule has 5 heteroatoms. The Labute approximate surface area is 138 Å². The molecule has 1 aromatic rings. The lowest BCUT2D eigenvalue weighted by atomic mass is 10.2. The monoisotopic (exact) mass is 321 g/mol. The Kier molecular flexibility index (Phi) is 5.86. The van der Waals surface area contributed by atoms with Gasteiger partial charge in [0.25, 0.3) is 0 Å². The van der Waals surface area contributed by atoms with Crippen LogP contribution in [0.3, 0.4) is 0 Å². The van der Waals surface area contributed by atoms with Gasteiger partial charge in [-0.3, -0.25) is 9.80 Å². The molecule has 0 spiro atoms. The van der Waals surface area contributed by atoms with Gasteiger partial charge in [-0.05, 0) is 43.8 Å². The lowest BCUT2D eigenvalue weighted by Gasteiger charge is -2.37. The van der Waals surface area contributed by atoms with E-state index in [0.29, 0.717) is 12.6 Å². The largest absolute Gasteiger partial charge is 0.492 e. The second kappa shape index (κ2) is 8.08. The van der Waals surface area contributed by atoms with Crippen LogP contribution >= 0.6 is 0 Å². The first kappa shape index (κ1) is 16.7. The van der Waals surface area contributed by atoms with E-state index in [-0.39, 0.29) is 5.82 Å². The number of halogens is 1. The van der Waals surface area contributed by atoms with Gasteiger partial charge in [0, 0.05) is 45.3 Å². The standard InChI is InChI=1S/C18H28FN3O/c1-2-20-9-11-22(12-10-20)17-7-8-21(15-17)13-14-23-18-5-3-16(19)4-6-18/h3-6,17H,2,7-15H2,1H3. The molecule has 3 rings (SSSR count). The van der Waals surface area contributed by atoms with E-state index in [9.17, 15) is 4.39 Å². The van der Waals surface area contributed by atoms with E-state index in [1.165, 1.54) is 51.3 Å². The summed E-state index contributed by atoms with van der Waals surface area (Å²) in [5, 5.41) is 0. The average Bonchev–Trinajstić information content (AvgIpc) is 3.06. The number of piperazine rings is 1. The Hall–Kier alpha value is -1.17. The van der Waals surface area contributed by atoms with Gasteiger partial charge in [-0.25, -0.2) is 4.39 Å². The Balaban J connectivity index is 1.36. The molecule has 0 bridgehead atoms. The molecule has 1 unspecified atom stereocenters. The van der Waals surface area contributed by atoms with Gasteiger partial charge in [-0.15, -0.1) is 0 Å². The number of nitrogens with zero attached hydrogens (tertiary/aromatic N) is 3. The summed E-state index contributed by atoms with van der Waals surface area (Å²) in [5.41, 5.74) is 0. The van der Waals surface area contributed by atoms with Gasteiger partial charge >= 0.3 is 0 Å². The molecule has 0 aliphatic carbocycles. The molecule has 2 heterocycles. The minimum atomic E-state index is -0.220. The zero-order chi connectivity index (χ0) is 16.1. The summed E-state index contributed by atoms with van der Waals surface area (Å²) in [6, 6.07) is 6.97. The number of ether oxygens (including phenoxy) is 1. The number of benzene rings is 1. The van der Waals surface area contributed by atoms with E-state index in [1.807, 2.05) is 0 Å². The molecule has 0 saturated carbocycles. The first-order valence-electron chi connectivity index (χ1n) is 8.81. The molecule has 128 valence electrons. The average molecular weight is 321 g/mol. The third kappa shape index (κ3) is 4.66. The smallest absolute Gasteiger partial charge is 0.123 e. The number of rotatable bonds is 6. The molecule has 2 aliphatic rings. The third-order valence-electron chi connectivity index (χ3n) is 5.11. The highest BCUT2D eigenvalue weighted by Gasteiger charge is 2.29. The van der Waals surface area contributed by atoms with Crippen LogP contribution in [0.2, 0.25) is 0 Å². The van der Waals surface area contributed by atoms with E-state index in [1.54, 1.807) is 12.1 Å². The van der Waals surface area contributed by atoms with E-state index in [2.05, 4.69) is 21.6 Å². The molecular formula is C18H28FN3O. The zero-order valence-electron chi connectivity index (χ0n) is 14.1. The highest BCUT2D eigenvalue weighted by molar-refractivity contribution is 5.21. The van der Waals surface area contributed by atoms with Crippen molar-refractivity contribution in [1.82, 2.24) is 14.7 Å². The molecular weight excluding hydrogens is 293 g/mol. The lowest BCUT2D eigenvalue weighted by molar-refractivity contribution is 0.1000. The highest BCUT2D eigenvalue weighted by Crippen LogP contribution is 2.17. The summed E-state index contributed by atoms with van der Waals surface area (Å²) < 4.78 is 18.6. The van der Waals surface area contributed by atoms with Crippen molar-refractivity contribution in [2.24, 2.45) is 0 Å². The van der Waals surface area contributed by atoms with Gasteiger partial charge in [-0.1, -0.05) is 6.92 Å². The number of likely N-dealkylation sites (tertiary alicyclic amines) is 1. The fraction of sp³-hybridized carbons (Fsp3) is 0.667. The SMILES string of the molecule is CCN1CCN(C2CCN(CCOc3ccc(F)cc3)C2)CC1. The maximum absolute atomic E-state index is 12.8. The van der Waals surface area contributed by atoms with E-state index < -0.39 is 0 Å². The molecule has 23 heavy (non-hydrogen) atoms. The van der Waals surface area contributed by atoms with Crippen LogP contribution < -0.4 is 4.74 Å². The first-order chi connectivity index (χ1) is 11.2. The van der Waals surface area contributed by atoms with Crippen LogP contribution in [0.15, 0.2) is 24.3 Å². The predicted octanol–water partition coefficient (Wildman–Crippen LogP) is 1.92. The predicted molar refractivity (Wildman–Crippen MR) is 90.4 cm³/mol. The molecule has 2 saturated heterocycles. The molecule has 0 radical (unpaired) electrons. The molecule has 4 nitrogen and oxygen atoms in total. The molecule has 2 aliphatic heterocycles. The van der Waals surface area contributed by atoms with Gasteiger partial charge in [0.1, 0.15) is 18.2 Å². The van der Waals surface area contributed by atoms with Crippen LogP contribution in [0.1, 0.15) is 13.3 Å². The molecule has 2 fully saturated rings. The van der Waals surface area contributed by atoms with Crippen LogP contribution in [0, 0.1) is 5.82 Å². The summed E-state index contributed by atoms with van der Waals surface area (Å²) in [4.78, 5) is 7.67.